The van der Waals surface area contributed by atoms with E-state index in [1.807, 2.05) is 5.43 Å². The maximum Gasteiger partial charge on any atom is 0.332 e. The van der Waals surface area contributed by atoms with E-state index in [1.165, 1.54) is 13.8 Å². The summed E-state index contributed by atoms with van der Waals surface area (Å²) in [6.07, 6.45) is 0. The molecule has 9 heteroatoms. The molecular formula is C9H17N5O4. The number of primary amides is 1. The predicted octanol–water partition coefficient (Wildman–Crippen LogP) is -0.809. The Labute approximate surface area is 104 Å². The maximum atomic E-state index is 12.2. The molecule has 9 nitrogen and oxygen atoms in total. The van der Waals surface area contributed by atoms with Crippen molar-refractivity contribution < 1.29 is 14.3 Å². The van der Waals surface area contributed by atoms with Gasteiger partial charge in [-0.3, -0.25) is 4.79 Å². The number of carbonyl (C=O) groups excluding carboxylic acids is 2. The van der Waals surface area contributed by atoms with Crippen molar-refractivity contribution in [3.63, 3.8) is 0 Å². The number of morpholine rings is 1. The van der Waals surface area contributed by atoms with Crippen LogP contribution in [0.3, 0.4) is 0 Å². The molecule has 0 unspecified atom stereocenters. The number of nitrogens with two attached hydrogens (primary N) is 1. The number of hydrogen-bond donors (Lipinski definition) is 2. The fourth-order valence-electron chi connectivity index (χ4n) is 1.61. The molecular weight excluding hydrogens is 242 g/mol. The smallest absolute Gasteiger partial charge is 0.332 e. The zero-order valence-electron chi connectivity index (χ0n) is 10.4. The fourth-order valence-corrected chi connectivity index (χ4v) is 1.61. The van der Waals surface area contributed by atoms with Crippen LogP contribution in [-0.4, -0.2) is 53.8 Å². The molecule has 0 bridgehead atoms. The number of nitrogens with one attached hydrogen (secondary N) is 1. The van der Waals surface area contributed by atoms with E-state index in [1.54, 1.807) is 4.90 Å². The van der Waals surface area contributed by atoms with Crippen molar-refractivity contribution in [1.29, 1.82) is 0 Å². The van der Waals surface area contributed by atoms with Gasteiger partial charge in [-0.2, -0.15) is 5.12 Å². The molecule has 1 heterocycles. The van der Waals surface area contributed by atoms with Gasteiger partial charge in [-0.25, -0.2) is 10.2 Å². The Balaban J connectivity index is 2.78. The van der Waals surface area contributed by atoms with Crippen LogP contribution in [0.4, 0.5) is 4.79 Å². The molecule has 0 radical (unpaired) electrons. The number of nitroso groups, excluding NO2 is 1. The third-order valence-corrected chi connectivity index (χ3v) is 2.65. The summed E-state index contributed by atoms with van der Waals surface area (Å²) in [5.74, 6) is -0.334. The largest absolute Gasteiger partial charge is 0.378 e. The van der Waals surface area contributed by atoms with Crippen molar-refractivity contribution in [3.05, 3.63) is 4.91 Å². The summed E-state index contributed by atoms with van der Waals surface area (Å²) in [5.41, 5.74) is 5.60. The van der Waals surface area contributed by atoms with Crippen LogP contribution in [0, 0.1) is 4.91 Å². The molecule has 1 aliphatic heterocycles. The lowest BCUT2D eigenvalue weighted by atomic mass is 10.0. The summed E-state index contributed by atoms with van der Waals surface area (Å²) in [6, 6.07) is -0.961. The second kappa shape index (κ2) is 5.63. The van der Waals surface area contributed by atoms with Gasteiger partial charge in [0.05, 0.1) is 18.5 Å². The molecule has 0 aliphatic carbocycles. The molecule has 1 rings (SSSR count). The highest BCUT2D eigenvalue weighted by Gasteiger charge is 2.40. The first-order chi connectivity index (χ1) is 8.39. The first-order valence-electron chi connectivity index (χ1n) is 5.46. The normalized spacial score (nSPS) is 16.0. The van der Waals surface area contributed by atoms with Crippen molar-refractivity contribution in [2.24, 2.45) is 11.0 Å². The SMILES string of the molecule is CC(C)(C(=O)N1CCOCC1)N(N=O)NC(N)=O. The molecule has 1 aliphatic rings. The minimum atomic E-state index is -1.31. The number of amides is 3. The van der Waals surface area contributed by atoms with Gasteiger partial charge < -0.3 is 15.4 Å². The number of urea groups is 1. The van der Waals surface area contributed by atoms with E-state index in [-0.39, 0.29) is 5.91 Å². The van der Waals surface area contributed by atoms with E-state index >= 15 is 0 Å². The average molecular weight is 259 g/mol. The molecule has 0 saturated carbocycles. The first-order valence-corrected chi connectivity index (χ1v) is 5.46. The third kappa shape index (κ3) is 3.06. The Morgan fingerprint density at radius 1 is 1.39 bits per heavy atom. The van der Waals surface area contributed by atoms with Gasteiger partial charge in [0.25, 0.3) is 5.91 Å². The molecule has 1 saturated heterocycles. The number of hydrazine groups is 1. The summed E-state index contributed by atoms with van der Waals surface area (Å²) in [4.78, 5) is 35.2. The Kier molecular flexibility index (Phi) is 4.43. The van der Waals surface area contributed by atoms with E-state index in [0.717, 1.165) is 0 Å². The van der Waals surface area contributed by atoms with Crippen molar-refractivity contribution in [2.45, 2.75) is 19.4 Å². The van der Waals surface area contributed by atoms with Crippen LogP contribution >= 0.6 is 0 Å². The second-order valence-corrected chi connectivity index (χ2v) is 4.33. The van der Waals surface area contributed by atoms with E-state index in [2.05, 4.69) is 5.29 Å². The Bertz CT molecular complexity index is 340. The number of rotatable bonds is 4. The Morgan fingerprint density at radius 3 is 2.39 bits per heavy atom. The zero-order valence-corrected chi connectivity index (χ0v) is 10.4. The number of carbonyl (C=O) groups is 2. The van der Waals surface area contributed by atoms with Crippen LogP contribution in [0.1, 0.15) is 13.8 Å². The van der Waals surface area contributed by atoms with Crippen LogP contribution < -0.4 is 11.2 Å². The highest BCUT2D eigenvalue weighted by Crippen LogP contribution is 2.17. The highest BCUT2D eigenvalue weighted by atomic mass is 16.5. The summed E-state index contributed by atoms with van der Waals surface area (Å²) in [6.45, 7) is 4.71. The molecule has 0 aromatic heterocycles. The van der Waals surface area contributed by atoms with E-state index in [4.69, 9.17) is 10.5 Å². The van der Waals surface area contributed by atoms with Crippen molar-refractivity contribution >= 4 is 11.9 Å². The lowest BCUT2D eigenvalue weighted by Crippen LogP contribution is -2.61. The minimum absolute atomic E-state index is 0.334. The number of ether oxygens (including phenoxy) is 1. The van der Waals surface area contributed by atoms with Gasteiger partial charge >= 0.3 is 6.03 Å². The molecule has 0 aromatic rings. The maximum absolute atomic E-state index is 12.2. The van der Waals surface area contributed by atoms with Gasteiger partial charge in [0.2, 0.25) is 0 Å². The monoisotopic (exact) mass is 259 g/mol. The molecule has 3 N–H and O–H groups in total. The van der Waals surface area contributed by atoms with Gasteiger partial charge in [-0.1, -0.05) is 0 Å². The van der Waals surface area contributed by atoms with E-state index in [9.17, 15) is 14.5 Å². The van der Waals surface area contributed by atoms with Crippen LogP contribution in [0.15, 0.2) is 5.29 Å². The summed E-state index contributed by atoms with van der Waals surface area (Å²) >= 11 is 0. The Morgan fingerprint density at radius 2 is 1.94 bits per heavy atom. The standard InChI is InChI=1S/C9H17N5O4/c1-9(2,14(12-17)11-8(10)16)7(15)13-3-5-18-6-4-13/h3-6H2,1-2H3,(H3,10,11,16). The quantitative estimate of drug-likeness (QED) is 0.505. The molecule has 0 atom stereocenters. The molecule has 1 fully saturated rings. The minimum Gasteiger partial charge on any atom is -0.378 e. The van der Waals surface area contributed by atoms with Gasteiger partial charge in [0.1, 0.15) is 0 Å². The van der Waals surface area contributed by atoms with Crippen molar-refractivity contribution in [3.8, 4) is 0 Å². The summed E-state index contributed by atoms with van der Waals surface area (Å²) < 4.78 is 5.13. The van der Waals surface area contributed by atoms with Crippen LogP contribution in [0.25, 0.3) is 0 Å². The van der Waals surface area contributed by atoms with Crippen molar-refractivity contribution in [1.82, 2.24) is 15.4 Å². The highest BCUT2D eigenvalue weighted by molar-refractivity contribution is 5.86. The van der Waals surface area contributed by atoms with Gasteiger partial charge in [0.15, 0.2) is 5.54 Å². The molecule has 0 spiro atoms. The first kappa shape index (κ1) is 14.2. The fraction of sp³-hybridized carbons (Fsp3) is 0.778. The lowest BCUT2D eigenvalue weighted by molar-refractivity contribution is -0.148. The van der Waals surface area contributed by atoms with Gasteiger partial charge in [0, 0.05) is 13.1 Å². The molecule has 18 heavy (non-hydrogen) atoms. The second-order valence-electron chi connectivity index (χ2n) is 4.33. The van der Waals surface area contributed by atoms with E-state index in [0.29, 0.717) is 31.4 Å². The third-order valence-electron chi connectivity index (χ3n) is 2.65. The predicted molar refractivity (Wildman–Crippen MR) is 61.8 cm³/mol. The van der Waals surface area contributed by atoms with Crippen LogP contribution in [0.5, 0.6) is 0 Å². The van der Waals surface area contributed by atoms with Gasteiger partial charge in [-0.05, 0) is 13.8 Å². The number of nitrogens with zero attached hydrogens (tertiary/aromatic N) is 3. The molecule has 0 aromatic carbocycles. The van der Waals surface area contributed by atoms with Gasteiger partial charge in [-0.15, -0.1) is 4.91 Å². The lowest BCUT2D eigenvalue weighted by Gasteiger charge is -2.37. The topological polar surface area (TPSA) is 117 Å². The molecule has 3 amide bonds. The van der Waals surface area contributed by atoms with E-state index < -0.39 is 11.6 Å². The summed E-state index contributed by atoms with van der Waals surface area (Å²) in [7, 11) is 0. The average Bonchev–Trinajstić information content (AvgIpc) is 2.35. The summed E-state index contributed by atoms with van der Waals surface area (Å²) in [5, 5.41) is 3.23. The van der Waals surface area contributed by atoms with Crippen molar-refractivity contribution in [2.75, 3.05) is 26.3 Å². The van der Waals surface area contributed by atoms with Crippen LogP contribution in [-0.2, 0) is 9.53 Å². The number of hydrogen-bond acceptors (Lipinski definition) is 5. The zero-order chi connectivity index (χ0) is 13.8. The van der Waals surface area contributed by atoms with Crippen LogP contribution in [0.2, 0.25) is 0 Å². The Hall–Kier alpha value is -1.90. The molecule has 102 valence electrons.